The topological polar surface area (TPSA) is 90.2 Å². The van der Waals surface area contributed by atoms with Crippen LogP contribution in [0.25, 0.3) is 0 Å². The highest BCUT2D eigenvalue weighted by Crippen LogP contribution is 2.40. The number of halogens is 1. The van der Waals surface area contributed by atoms with Crippen molar-refractivity contribution in [3.8, 4) is 17.2 Å². The monoisotopic (exact) mass is 512 g/mol. The molecule has 0 spiro atoms. The number of methoxy groups -OCH3 is 3. The Kier molecular flexibility index (Phi) is 8.05. The number of hydrogen-bond acceptors (Lipinski definition) is 6. The van der Waals surface area contributed by atoms with Crippen molar-refractivity contribution < 1.29 is 28.2 Å². The highest BCUT2D eigenvalue weighted by Gasteiger charge is 2.37. The molecular formula is C27H29ClN2O6. The lowest BCUT2D eigenvalue weighted by Crippen LogP contribution is -2.46. The van der Waals surface area contributed by atoms with E-state index in [-0.39, 0.29) is 17.7 Å². The average Bonchev–Trinajstić information content (AvgIpc) is 3.61. The van der Waals surface area contributed by atoms with Crippen LogP contribution in [0.5, 0.6) is 17.2 Å². The largest absolute Gasteiger partial charge is 0.495 e. The standard InChI is InChI=1S/C27H29ClN2O6/c1-33-21-13-11-18(28)16-20(21)30(27(32)23-9-6-14-36-23)25(26(31)29-19-7-4-5-8-19)17-10-12-22(34-2)24(15-17)35-3/h6,9-16,19,25H,4-5,7-8H2,1-3H3,(H,29,31)/t25-/m0/s1. The molecule has 0 radical (unpaired) electrons. The zero-order chi connectivity index (χ0) is 25.7. The molecule has 1 atom stereocenters. The van der Waals surface area contributed by atoms with E-state index in [1.165, 1.54) is 32.5 Å². The number of furan rings is 1. The number of carbonyl (C=O) groups is 2. The molecule has 3 aromatic rings. The Balaban J connectivity index is 1.91. The Morgan fingerprint density at radius 2 is 1.67 bits per heavy atom. The maximum absolute atomic E-state index is 13.9. The van der Waals surface area contributed by atoms with Crippen LogP contribution in [0.15, 0.2) is 59.2 Å². The maximum Gasteiger partial charge on any atom is 0.295 e. The predicted octanol–water partition coefficient (Wildman–Crippen LogP) is 5.41. The lowest BCUT2D eigenvalue weighted by molar-refractivity contribution is -0.123. The molecule has 2 amide bonds. The van der Waals surface area contributed by atoms with Crippen molar-refractivity contribution in [2.75, 3.05) is 26.2 Å². The predicted molar refractivity (Wildman–Crippen MR) is 136 cm³/mol. The Labute approximate surface area is 215 Å². The quantitative estimate of drug-likeness (QED) is 0.412. The SMILES string of the molecule is COc1ccc([C@@H](C(=O)NC2CCCC2)N(C(=O)c2ccco2)c2cc(Cl)ccc2OC)cc1OC. The third kappa shape index (κ3) is 5.28. The molecular weight excluding hydrogens is 484 g/mol. The summed E-state index contributed by atoms with van der Waals surface area (Å²) in [7, 11) is 4.54. The van der Waals surface area contributed by atoms with Crippen molar-refractivity contribution in [3.05, 3.63) is 71.1 Å². The van der Waals surface area contributed by atoms with Crippen molar-refractivity contribution in [2.45, 2.75) is 37.8 Å². The minimum absolute atomic E-state index is 0.0296. The Morgan fingerprint density at radius 3 is 2.31 bits per heavy atom. The molecule has 1 aliphatic rings. The van der Waals surface area contributed by atoms with Crippen LogP contribution in [0, 0.1) is 0 Å². The van der Waals surface area contributed by atoms with Gasteiger partial charge in [-0.2, -0.15) is 0 Å². The summed E-state index contributed by atoms with van der Waals surface area (Å²) in [5.74, 6) is 0.505. The second-order valence-corrected chi connectivity index (χ2v) is 8.91. The van der Waals surface area contributed by atoms with E-state index < -0.39 is 11.9 Å². The molecule has 36 heavy (non-hydrogen) atoms. The molecule has 0 aliphatic heterocycles. The molecule has 0 unspecified atom stereocenters. The number of anilines is 1. The van der Waals surface area contributed by atoms with Gasteiger partial charge < -0.3 is 23.9 Å². The minimum atomic E-state index is -1.09. The van der Waals surface area contributed by atoms with Crippen LogP contribution in [-0.4, -0.2) is 39.2 Å². The smallest absolute Gasteiger partial charge is 0.295 e. The lowest BCUT2D eigenvalue weighted by Gasteiger charge is -2.33. The number of amides is 2. The summed E-state index contributed by atoms with van der Waals surface area (Å²) >= 11 is 6.35. The number of ether oxygens (including phenoxy) is 3. The molecule has 1 N–H and O–H groups in total. The highest BCUT2D eigenvalue weighted by molar-refractivity contribution is 6.31. The number of nitrogens with zero attached hydrogens (tertiary/aromatic N) is 1. The summed E-state index contributed by atoms with van der Waals surface area (Å²) in [5, 5.41) is 3.52. The zero-order valence-electron chi connectivity index (χ0n) is 20.5. The zero-order valence-corrected chi connectivity index (χ0v) is 21.2. The fourth-order valence-electron chi connectivity index (χ4n) is 4.53. The second-order valence-electron chi connectivity index (χ2n) is 8.48. The van der Waals surface area contributed by atoms with Crippen LogP contribution in [0.1, 0.15) is 47.8 Å². The summed E-state index contributed by atoms with van der Waals surface area (Å²) in [6, 6.07) is 12.1. The summed E-state index contributed by atoms with van der Waals surface area (Å²) in [4.78, 5) is 29.2. The van der Waals surface area contributed by atoms with Crippen LogP contribution in [-0.2, 0) is 4.79 Å². The molecule has 1 aliphatic carbocycles. The molecule has 1 heterocycles. The van der Waals surface area contributed by atoms with Gasteiger partial charge in [0, 0.05) is 11.1 Å². The number of carbonyl (C=O) groups excluding carboxylic acids is 2. The van der Waals surface area contributed by atoms with E-state index >= 15 is 0 Å². The average molecular weight is 513 g/mol. The van der Waals surface area contributed by atoms with E-state index in [1.807, 2.05) is 0 Å². The van der Waals surface area contributed by atoms with Gasteiger partial charge in [0.15, 0.2) is 17.3 Å². The van der Waals surface area contributed by atoms with Gasteiger partial charge in [0.05, 0.1) is 33.3 Å². The third-order valence-corrected chi connectivity index (χ3v) is 6.52. The first-order valence-electron chi connectivity index (χ1n) is 11.7. The van der Waals surface area contributed by atoms with Crippen molar-refractivity contribution in [2.24, 2.45) is 0 Å². The van der Waals surface area contributed by atoms with E-state index in [4.69, 9.17) is 30.2 Å². The van der Waals surface area contributed by atoms with Crippen molar-refractivity contribution in [3.63, 3.8) is 0 Å². The number of nitrogens with one attached hydrogen (secondary N) is 1. The summed E-state index contributed by atoms with van der Waals surface area (Å²) in [6.07, 6.45) is 5.27. The van der Waals surface area contributed by atoms with Gasteiger partial charge in [-0.3, -0.25) is 14.5 Å². The first kappa shape index (κ1) is 25.4. The van der Waals surface area contributed by atoms with Crippen LogP contribution in [0.3, 0.4) is 0 Å². The Hall–Kier alpha value is -3.65. The summed E-state index contributed by atoms with van der Waals surface area (Å²) < 4.78 is 21.9. The van der Waals surface area contributed by atoms with Crippen molar-refractivity contribution in [1.29, 1.82) is 0 Å². The Bertz CT molecular complexity index is 1210. The molecule has 8 nitrogen and oxygen atoms in total. The van der Waals surface area contributed by atoms with Crippen LogP contribution >= 0.6 is 11.6 Å². The molecule has 2 aromatic carbocycles. The minimum Gasteiger partial charge on any atom is -0.495 e. The van der Waals surface area contributed by atoms with E-state index in [0.717, 1.165) is 25.7 Å². The molecule has 1 fully saturated rings. The molecule has 0 bridgehead atoms. The lowest BCUT2D eigenvalue weighted by atomic mass is 10.0. The van der Waals surface area contributed by atoms with Gasteiger partial charge >= 0.3 is 0 Å². The fourth-order valence-corrected chi connectivity index (χ4v) is 4.69. The second kappa shape index (κ2) is 11.4. The maximum atomic E-state index is 13.9. The van der Waals surface area contributed by atoms with Gasteiger partial charge in [-0.1, -0.05) is 30.5 Å². The number of rotatable bonds is 9. The van der Waals surface area contributed by atoms with E-state index in [0.29, 0.717) is 33.5 Å². The van der Waals surface area contributed by atoms with Crippen molar-refractivity contribution in [1.82, 2.24) is 5.32 Å². The summed E-state index contributed by atoms with van der Waals surface area (Å²) in [5.41, 5.74) is 0.845. The summed E-state index contributed by atoms with van der Waals surface area (Å²) in [6.45, 7) is 0. The van der Waals surface area contributed by atoms with Crippen LogP contribution in [0.4, 0.5) is 5.69 Å². The number of hydrogen-bond donors (Lipinski definition) is 1. The molecule has 0 saturated heterocycles. The molecule has 190 valence electrons. The molecule has 4 rings (SSSR count). The van der Waals surface area contributed by atoms with E-state index in [9.17, 15) is 9.59 Å². The first-order chi connectivity index (χ1) is 17.5. The van der Waals surface area contributed by atoms with Gasteiger partial charge in [-0.25, -0.2) is 0 Å². The van der Waals surface area contributed by atoms with Gasteiger partial charge in [0.2, 0.25) is 5.91 Å². The number of benzene rings is 2. The van der Waals surface area contributed by atoms with E-state index in [1.54, 1.807) is 48.5 Å². The van der Waals surface area contributed by atoms with Gasteiger partial charge in [0.1, 0.15) is 11.8 Å². The fraction of sp³-hybridized carbons (Fsp3) is 0.333. The van der Waals surface area contributed by atoms with Gasteiger partial charge in [0.25, 0.3) is 5.91 Å². The first-order valence-corrected chi connectivity index (χ1v) is 12.1. The van der Waals surface area contributed by atoms with Gasteiger partial charge in [-0.05, 0) is 60.9 Å². The molecule has 9 heteroatoms. The van der Waals surface area contributed by atoms with Crippen molar-refractivity contribution >= 4 is 29.1 Å². The highest BCUT2D eigenvalue weighted by atomic mass is 35.5. The van der Waals surface area contributed by atoms with Crippen LogP contribution < -0.4 is 24.4 Å². The Morgan fingerprint density at radius 1 is 0.972 bits per heavy atom. The van der Waals surface area contributed by atoms with Gasteiger partial charge in [-0.15, -0.1) is 0 Å². The third-order valence-electron chi connectivity index (χ3n) is 6.28. The molecule has 1 aromatic heterocycles. The van der Waals surface area contributed by atoms with Crippen LogP contribution in [0.2, 0.25) is 5.02 Å². The molecule has 1 saturated carbocycles. The normalized spacial score (nSPS) is 14.2. The van der Waals surface area contributed by atoms with E-state index in [2.05, 4.69) is 5.32 Å².